The maximum absolute atomic E-state index is 6.19. The molecule has 1 aromatic rings. The Morgan fingerprint density at radius 2 is 2.25 bits per heavy atom. The zero-order chi connectivity index (χ0) is 11.8. The van der Waals surface area contributed by atoms with Gasteiger partial charge in [0.25, 0.3) is 0 Å². The van der Waals surface area contributed by atoms with Gasteiger partial charge in [-0.15, -0.1) is 0 Å². The van der Waals surface area contributed by atoms with E-state index in [1.807, 2.05) is 25.1 Å². The van der Waals surface area contributed by atoms with Crippen LogP contribution in [-0.2, 0) is 0 Å². The predicted molar refractivity (Wildman–Crippen MR) is 63.9 cm³/mol. The minimum absolute atomic E-state index is 0.0125. The van der Waals surface area contributed by atoms with Crippen LogP contribution >= 0.6 is 0 Å². The van der Waals surface area contributed by atoms with Gasteiger partial charge in [0.1, 0.15) is 17.1 Å². The number of hydrogen-bond donors (Lipinski definition) is 1. The van der Waals surface area contributed by atoms with Crippen LogP contribution < -0.4 is 15.2 Å². The van der Waals surface area contributed by atoms with E-state index in [-0.39, 0.29) is 11.6 Å². The number of rotatable bonds is 2. The SMILES string of the molecule is CCOc1cccc2c1C(N)CC(C)(C)O2. The van der Waals surface area contributed by atoms with E-state index in [0.29, 0.717) is 6.61 Å². The average Bonchev–Trinajstić information content (AvgIpc) is 2.15. The summed E-state index contributed by atoms with van der Waals surface area (Å²) < 4.78 is 11.5. The third-order valence-electron chi connectivity index (χ3n) is 2.79. The van der Waals surface area contributed by atoms with Gasteiger partial charge < -0.3 is 15.2 Å². The van der Waals surface area contributed by atoms with Crippen molar-refractivity contribution in [2.24, 2.45) is 5.73 Å². The van der Waals surface area contributed by atoms with Gasteiger partial charge in [0.15, 0.2) is 0 Å². The highest BCUT2D eigenvalue weighted by Gasteiger charge is 2.33. The van der Waals surface area contributed by atoms with E-state index in [9.17, 15) is 0 Å². The quantitative estimate of drug-likeness (QED) is 0.835. The molecule has 1 aromatic carbocycles. The van der Waals surface area contributed by atoms with E-state index in [4.69, 9.17) is 15.2 Å². The summed E-state index contributed by atoms with van der Waals surface area (Å²) in [5.74, 6) is 1.71. The summed E-state index contributed by atoms with van der Waals surface area (Å²) in [6.07, 6.45) is 0.810. The first-order chi connectivity index (χ1) is 7.53. The molecule has 1 aliphatic rings. The van der Waals surface area contributed by atoms with Crippen LogP contribution in [0.3, 0.4) is 0 Å². The zero-order valence-corrected chi connectivity index (χ0v) is 10.1. The fourth-order valence-corrected chi connectivity index (χ4v) is 2.23. The van der Waals surface area contributed by atoms with Crippen molar-refractivity contribution in [1.29, 1.82) is 0 Å². The molecule has 1 aliphatic heterocycles. The van der Waals surface area contributed by atoms with E-state index < -0.39 is 0 Å². The molecule has 0 amide bonds. The van der Waals surface area contributed by atoms with Gasteiger partial charge in [0.2, 0.25) is 0 Å². The number of hydrogen-bond acceptors (Lipinski definition) is 3. The van der Waals surface area contributed by atoms with Crippen molar-refractivity contribution in [3.05, 3.63) is 23.8 Å². The Bertz CT molecular complexity index is 388. The highest BCUT2D eigenvalue weighted by molar-refractivity contribution is 5.48. The maximum atomic E-state index is 6.19. The molecule has 0 aromatic heterocycles. The van der Waals surface area contributed by atoms with Crippen LogP contribution in [0.25, 0.3) is 0 Å². The average molecular weight is 221 g/mol. The molecule has 3 heteroatoms. The second kappa shape index (κ2) is 3.98. The topological polar surface area (TPSA) is 44.5 Å². The van der Waals surface area contributed by atoms with Crippen LogP contribution in [0.5, 0.6) is 11.5 Å². The van der Waals surface area contributed by atoms with Crippen LogP contribution in [0.1, 0.15) is 38.8 Å². The predicted octanol–water partition coefficient (Wildman–Crippen LogP) is 2.65. The molecule has 0 saturated carbocycles. The summed E-state index contributed by atoms with van der Waals surface area (Å²) in [6, 6.07) is 5.84. The number of fused-ring (bicyclic) bond motifs is 1. The normalized spacial score (nSPS) is 22.1. The third kappa shape index (κ3) is 2.00. The van der Waals surface area contributed by atoms with E-state index in [1.165, 1.54) is 0 Å². The second-order valence-electron chi connectivity index (χ2n) is 4.77. The Balaban J connectivity index is 2.43. The number of benzene rings is 1. The van der Waals surface area contributed by atoms with Gasteiger partial charge in [-0.3, -0.25) is 0 Å². The molecule has 3 nitrogen and oxygen atoms in total. The highest BCUT2D eigenvalue weighted by Crippen LogP contribution is 2.42. The van der Waals surface area contributed by atoms with Gasteiger partial charge in [0.05, 0.1) is 12.2 Å². The summed E-state index contributed by atoms with van der Waals surface area (Å²) >= 11 is 0. The maximum Gasteiger partial charge on any atom is 0.128 e. The molecule has 88 valence electrons. The molecule has 0 fully saturated rings. The number of nitrogens with two attached hydrogens (primary N) is 1. The van der Waals surface area contributed by atoms with Crippen LogP contribution in [0.4, 0.5) is 0 Å². The summed E-state index contributed by atoms with van der Waals surface area (Å²) in [5.41, 5.74) is 7.00. The lowest BCUT2D eigenvalue weighted by molar-refractivity contribution is 0.0714. The molecule has 16 heavy (non-hydrogen) atoms. The fourth-order valence-electron chi connectivity index (χ4n) is 2.23. The smallest absolute Gasteiger partial charge is 0.128 e. The van der Waals surface area contributed by atoms with Crippen molar-refractivity contribution < 1.29 is 9.47 Å². The molecule has 2 rings (SSSR count). The van der Waals surface area contributed by atoms with E-state index >= 15 is 0 Å². The molecule has 1 atom stereocenters. The van der Waals surface area contributed by atoms with E-state index in [0.717, 1.165) is 23.5 Å². The molecular weight excluding hydrogens is 202 g/mol. The Morgan fingerprint density at radius 3 is 2.94 bits per heavy atom. The Labute approximate surface area is 96.5 Å². The van der Waals surface area contributed by atoms with Gasteiger partial charge in [0, 0.05) is 12.5 Å². The van der Waals surface area contributed by atoms with Crippen LogP contribution in [0.2, 0.25) is 0 Å². The fraction of sp³-hybridized carbons (Fsp3) is 0.538. The number of ether oxygens (including phenoxy) is 2. The first kappa shape index (κ1) is 11.3. The lowest BCUT2D eigenvalue weighted by atomic mass is 9.90. The third-order valence-corrected chi connectivity index (χ3v) is 2.79. The van der Waals surface area contributed by atoms with Gasteiger partial charge in [-0.1, -0.05) is 6.07 Å². The Morgan fingerprint density at radius 1 is 1.50 bits per heavy atom. The minimum Gasteiger partial charge on any atom is -0.493 e. The Hall–Kier alpha value is -1.22. The summed E-state index contributed by atoms with van der Waals surface area (Å²) in [7, 11) is 0. The summed E-state index contributed by atoms with van der Waals surface area (Å²) in [5, 5.41) is 0. The highest BCUT2D eigenvalue weighted by atomic mass is 16.5. The van der Waals surface area contributed by atoms with Crippen LogP contribution in [-0.4, -0.2) is 12.2 Å². The molecule has 0 spiro atoms. The molecule has 0 aliphatic carbocycles. The van der Waals surface area contributed by atoms with Crippen molar-refractivity contribution in [2.45, 2.75) is 38.8 Å². The molecule has 2 N–H and O–H groups in total. The minimum atomic E-state index is -0.197. The molecule has 1 heterocycles. The molecular formula is C13H19NO2. The molecule has 0 saturated heterocycles. The van der Waals surface area contributed by atoms with E-state index in [2.05, 4.69) is 13.8 Å². The largest absolute Gasteiger partial charge is 0.493 e. The van der Waals surface area contributed by atoms with Gasteiger partial charge in [-0.2, -0.15) is 0 Å². The first-order valence-corrected chi connectivity index (χ1v) is 5.74. The molecule has 0 radical (unpaired) electrons. The van der Waals surface area contributed by atoms with E-state index in [1.54, 1.807) is 0 Å². The van der Waals surface area contributed by atoms with Crippen molar-refractivity contribution >= 4 is 0 Å². The van der Waals surface area contributed by atoms with Gasteiger partial charge >= 0.3 is 0 Å². The molecule has 1 unspecified atom stereocenters. The zero-order valence-electron chi connectivity index (χ0n) is 10.1. The van der Waals surface area contributed by atoms with Crippen molar-refractivity contribution in [3.63, 3.8) is 0 Å². The summed E-state index contributed by atoms with van der Waals surface area (Å²) in [6.45, 7) is 6.73. The molecule has 0 bridgehead atoms. The van der Waals surface area contributed by atoms with Gasteiger partial charge in [-0.05, 0) is 32.9 Å². The summed E-state index contributed by atoms with van der Waals surface area (Å²) in [4.78, 5) is 0. The second-order valence-corrected chi connectivity index (χ2v) is 4.77. The first-order valence-electron chi connectivity index (χ1n) is 5.74. The monoisotopic (exact) mass is 221 g/mol. The van der Waals surface area contributed by atoms with Crippen LogP contribution in [0, 0.1) is 0 Å². The lowest BCUT2D eigenvalue weighted by Gasteiger charge is -2.36. The van der Waals surface area contributed by atoms with Crippen molar-refractivity contribution in [1.82, 2.24) is 0 Å². The van der Waals surface area contributed by atoms with Crippen molar-refractivity contribution in [3.8, 4) is 11.5 Å². The van der Waals surface area contributed by atoms with Crippen LogP contribution in [0.15, 0.2) is 18.2 Å². The Kier molecular flexibility index (Phi) is 2.80. The van der Waals surface area contributed by atoms with Crippen molar-refractivity contribution in [2.75, 3.05) is 6.61 Å². The van der Waals surface area contributed by atoms with Gasteiger partial charge in [-0.25, -0.2) is 0 Å². The standard InChI is InChI=1S/C13H19NO2/c1-4-15-10-6-5-7-11-12(10)9(14)8-13(2,3)16-11/h5-7,9H,4,8,14H2,1-3H3. The lowest BCUT2D eigenvalue weighted by Crippen LogP contribution is -2.37.